The Hall–Kier alpha value is -0.300. The Bertz CT molecular complexity index is 313. The minimum atomic E-state index is 0.0377. The van der Waals surface area contributed by atoms with Crippen molar-refractivity contribution in [2.24, 2.45) is 11.8 Å². The van der Waals surface area contributed by atoms with Crippen LogP contribution in [0.5, 0.6) is 0 Å². The summed E-state index contributed by atoms with van der Waals surface area (Å²) in [7, 11) is 0. The standard InChI is InChI=1S/C15H24O/c1-15(2)14-10-12-6-4-3-5-11(12)9-13(14)7-8-16-15/h11-12H,3-10H2,1-2H3. The number of hydrogen-bond donors (Lipinski definition) is 0. The molecule has 1 fully saturated rings. The Balaban J connectivity index is 1.88. The first-order valence-corrected chi connectivity index (χ1v) is 7.02. The van der Waals surface area contributed by atoms with Crippen molar-refractivity contribution in [3.05, 3.63) is 11.1 Å². The molecule has 0 saturated heterocycles. The third kappa shape index (κ3) is 1.73. The molecule has 90 valence electrons. The van der Waals surface area contributed by atoms with Crippen LogP contribution in [-0.4, -0.2) is 12.2 Å². The maximum Gasteiger partial charge on any atom is 0.0838 e. The molecule has 0 aromatic carbocycles. The predicted molar refractivity (Wildman–Crippen MR) is 66.4 cm³/mol. The van der Waals surface area contributed by atoms with Gasteiger partial charge < -0.3 is 4.74 Å². The van der Waals surface area contributed by atoms with Gasteiger partial charge in [-0.2, -0.15) is 0 Å². The van der Waals surface area contributed by atoms with Crippen LogP contribution < -0.4 is 0 Å². The summed E-state index contributed by atoms with van der Waals surface area (Å²) in [5.41, 5.74) is 3.47. The van der Waals surface area contributed by atoms with E-state index in [0.717, 1.165) is 18.4 Å². The van der Waals surface area contributed by atoms with Crippen LogP contribution in [0, 0.1) is 11.8 Å². The lowest BCUT2D eigenvalue weighted by Crippen LogP contribution is -2.38. The predicted octanol–water partition coefficient (Wildman–Crippen LogP) is 4.08. The van der Waals surface area contributed by atoms with Crippen LogP contribution in [0.25, 0.3) is 0 Å². The van der Waals surface area contributed by atoms with Crippen LogP contribution in [0.4, 0.5) is 0 Å². The molecule has 0 amide bonds. The summed E-state index contributed by atoms with van der Waals surface area (Å²) in [4.78, 5) is 0. The molecule has 2 unspecified atom stereocenters. The molecule has 1 heterocycles. The zero-order valence-corrected chi connectivity index (χ0v) is 10.7. The van der Waals surface area contributed by atoms with Crippen LogP contribution in [0.15, 0.2) is 11.1 Å². The van der Waals surface area contributed by atoms with Gasteiger partial charge in [-0.3, -0.25) is 0 Å². The highest BCUT2D eigenvalue weighted by atomic mass is 16.5. The van der Waals surface area contributed by atoms with Gasteiger partial charge in [0, 0.05) is 0 Å². The molecule has 3 aliphatic rings. The Morgan fingerprint density at radius 1 is 1.06 bits per heavy atom. The molecule has 0 aromatic heterocycles. The Labute approximate surface area is 99.3 Å². The molecular formula is C15H24O. The first-order valence-electron chi connectivity index (χ1n) is 7.02. The van der Waals surface area contributed by atoms with Crippen molar-refractivity contribution in [1.82, 2.24) is 0 Å². The summed E-state index contributed by atoms with van der Waals surface area (Å²) in [5, 5.41) is 0. The van der Waals surface area contributed by atoms with Crippen LogP contribution in [0.1, 0.15) is 58.8 Å². The maximum atomic E-state index is 5.96. The van der Waals surface area contributed by atoms with Gasteiger partial charge in [-0.15, -0.1) is 0 Å². The highest BCUT2D eigenvalue weighted by Crippen LogP contribution is 2.48. The van der Waals surface area contributed by atoms with Crippen molar-refractivity contribution < 1.29 is 4.74 Å². The van der Waals surface area contributed by atoms with E-state index in [1.165, 1.54) is 44.9 Å². The van der Waals surface area contributed by atoms with Crippen LogP contribution in [0.2, 0.25) is 0 Å². The molecule has 1 nitrogen and oxygen atoms in total. The number of ether oxygens (including phenoxy) is 1. The van der Waals surface area contributed by atoms with Gasteiger partial charge in [0.15, 0.2) is 0 Å². The lowest BCUT2D eigenvalue weighted by atomic mass is 9.65. The molecule has 0 spiro atoms. The van der Waals surface area contributed by atoms with Crippen molar-refractivity contribution in [1.29, 1.82) is 0 Å². The van der Waals surface area contributed by atoms with Crippen molar-refractivity contribution >= 4 is 0 Å². The summed E-state index contributed by atoms with van der Waals surface area (Å²) in [6, 6.07) is 0. The fourth-order valence-electron chi connectivity index (χ4n) is 4.11. The van der Waals surface area contributed by atoms with E-state index in [1.54, 1.807) is 11.1 Å². The average molecular weight is 220 g/mol. The molecule has 0 radical (unpaired) electrons. The van der Waals surface area contributed by atoms with Gasteiger partial charge in [-0.25, -0.2) is 0 Å². The Morgan fingerprint density at radius 2 is 1.75 bits per heavy atom. The van der Waals surface area contributed by atoms with E-state index < -0.39 is 0 Å². The van der Waals surface area contributed by atoms with E-state index >= 15 is 0 Å². The fourth-order valence-corrected chi connectivity index (χ4v) is 4.11. The lowest BCUT2D eigenvalue weighted by molar-refractivity contribution is -0.0115. The van der Waals surface area contributed by atoms with E-state index in [9.17, 15) is 0 Å². The monoisotopic (exact) mass is 220 g/mol. The van der Waals surface area contributed by atoms with Crippen molar-refractivity contribution in [3.8, 4) is 0 Å². The highest BCUT2D eigenvalue weighted by molar-refractivity contribution is 5.29. The van der Waals surface area contributed by atoms with Gasteiger partial charge in [-0.1, -0.05) is 18.4 Å². The van der Waals surface area contributed by atoms with Crippen LogP contribution >= 0.6 is 0 Å². The van der Waals surface area contributed by atoms with E-state index in [0.29, 0.717) is 0 Å². The molecule has 2 aliphatic carbocycles. The SMILES string of the molecule is CC1(C)OCCC2=C1CC1CCCCC1C2. The smallest absolute Gasteiger partial charge is 0.0838 e. The van der Waals surface area contributed by atoms with E-state index in [1.807, 2.05) is 0 Å². The van der Waals surface area contributed by atoms with E-state index in [2.05, 4.69) is 13.8 Å². The Morgan fingerprint density at radius 3 is 2.50 bits per heavy atom. The van der Waals surface area contributed by atoms with E-state index in [-0.39, 0.29) is 5.60 Å². The average Bonchev–Trinajstić information content (AvgIpc) is 2.27. The molecule has 0 N–H and O–H groups in total. The van der Waals surface area contributed by atoms with E-state index in [4.69, 9.17) is 4.74 Å². The van der Waals surface area contributed by atoms with Gasteiger partial charge in [0.05, 0.1) is 12.2 Å². The normalized spacial score (nSPS) is 37.9. The van der Waals surface area contributed by atoms with Gasteiger partial charge >= 0.3 is 0 Å². The molecule has 3 rings (SSSR count). The molecule has 0 aromatic rings. The van der Waals surface area contributed by atoms with Gasteiger partial charge in [0.1, 0.15) is 0 Å². The zero-order chi connectivity index (χ0) is 11.2. The first-order chi connectivity index (χ1) is 7.67. The third-order valence-electron chi connectivity index (χ3n) is 5.06. The topological polar surface area (TPSA) is 9.23 Å². The largest absolute Gasteiger partial charge is 0.371 e. The number of rotatable bonds is 0. The second-order valence-electron chi connectivity index (χ2n) is 6.40. The molecule has 1 aliphatic heterocycles. The number of hydrogen-bond acceptors (Lipinski definition) is 1. The Kier molecular flexibility index (Phi) is 2.62. The summed E-state index contributed by atoms with van der Waals surface area (Å²) >= 11 is 0. The second kappa shape index (κ2) is 3.87. The summed E-state index contributed by atoms with van der Waals surface area (Å²) in [5.74, 6) is 2.00. The van der Waals surface area contributed by atoms with Gasteiger partial charge in [-0.05, 0) is 63.4 Å². The molecule has 1 heteroatoms. The van der Waals surface area contributed by atoms with Crippen LogP contribution in [0.3, 0.4) is 0 Å². The molecule has 16 heavy (non-hydrogen) atoms. The summed E-state index contributed by atoms with van der Waals surface area (Å²) in [6.45, 7) is 5.48. The van der Waals surface area contributed by atoms with Crippen LogP contribution in [-0.2, 0) is 4.74 Å². The van der Waals surface area contributed by atoms with Crippen molar-refractivity contribution in [2.45, 2.75) is 64.4 Å². The summed E-state index contributed by atoms with van der Waals surface area (Å²) < 4.78 is 5.96. The molecule has 2 atom stereocenters. The lowest BCUT2D eigenvalue weighted by Gasteiger charge is -2.45. The molecule has 1 saturated carbocycles. The molecule has 0 bridgehead atoms. The maximum absolute atomic E-state index is 5.96. The minimum Gasteiger partial charge on any atom is -0.371 e. The highest BCUT2D eigenvalue weighted by Gasteiger charge is 2.39. The first kappa shape index (κ1) is 10.8. The minimum absolute atomic E-state index is 0.0377. The van der Waals surface area contributed by atoms with Crippen molar-refractivity contribution in [2.75, 3.05) is 6.61 Å². The zero-order valence-electron chi connectivity index (χ0n) is 10.7. The fraction of sp³-hybridized carbons (Fsp3) is 0.867. The molecular weight excluding hydrogens is 196 g/mol. The quantitative estimate of drug-likeness (QED) is 0.559. The van der Waals surface area contributed by atoms with Gasteiger partial charge in [0.25, 0.3) is 0 Å². The number of fused-ring (bicyclic) bond motifs is 1. The third-order valence-corrected chi connectivity index (χ3v) is 5.06. The second-order valence-corrected chi connectivity index (χ2v) is 6.40. The van der Waals surface area contributed by atoms with Gasteiger partial charge in [0.2, 0.25) is 0 Å². The summed E-state index contributed by atoms with van der Waals surface area (Å²) in [6.07, 6.45) is 9.84. The van der Waals surface area contributed by atoms with Crippen molar-refractivity contribution in [3.63, 3.8) is 0 Å².